The highest BCUT2D eigenvalue weighted by atomic mass is 19.4. The van der Waals surface area contributed by atoms with Crippen LogP contribution in [0.1, 0.15) is 32.3 Å². The van der Waals surface area contributed by atoms with Crippen molar-refractivity contribution in [3.8, 4) is 11.5 Å². The number of hydrogen-bond donors (Lipinski definition) is 1. The number of halogens is 3. The zero-order valence-corrected chi connectivity index (χ0v) is 12.4. The van der Waals surface area contributed by atoms with Gasteiger partial charge in [0.1, 0.15) is 0 Å². The third-order valence-electron chi connectivity index (χ3n) is 3.00. The molecule has 1 rings (SSSR count). The van der Waals surface area contributed by atoms with Gasteiger partial charge in [-0.2, -0.15) is 13.2 Å². The van der Waals surface area contributed by atoms with E-state index in [1.165, 1.54) is 0 Å². The quantitative estimate of drug-likeness (QED) is 0.796. The Hall–Kier alpha value is -1.43. The van der Waals surface area contributed by atoms with E-state index in [0.29, 0.717) is 24.5 Å². The summed E-state index contributed by atoms with van der Waals surface area (Å²) in [4.78, 5) is 0. The number of para-hydroxylation sites is 1. The van der Waals surface area contributed by atoms with Crippen LogP contribution in [-0.2, 0) is 6.42 Å². The summed E-state index contributed by atoms with van der Waals surface area (Å²) in [6, 6.07) is 5.22. The smallest absolute Gasteiger partial charge is 0.392 e. The van der Waals surface area contributed by atoms with Crippen LogP contribution in [0.3, 0.4) is 0 Å². The molecule has 0 saturated heterocycles. The topological polar surface area (TPSA) is 44.5 Å². The maximum Gasteiger partial charge on any atom is 0.392 e. The van der Waals surface area contributed by atoms with Gasteiger partial charge in [0.2, 0.25) is 0 Å². The van der Waals surface area contributed by atoms with Crippen LogP contribution in [0.25, 0.3) is 0 Å². The first-order chi connectivity index (χ1) is 9.87. The second-order valence-electron chi connectivity index (χ2n) is 4.76. The number of rotatable bonds is 8. The van der Waals surface area contributed by atoms with Gasteiger partial charge in [-0.15, -0.1) is 0 Å². The fourth-order valence-electron chi connectivity index (χ4n) is 1.85. The van der Waals surface area contributed by atoms with Gasteiger partial charge in [0.05, 0.1) is 19.6 Å². The predicted molar refractivity (Wildman–Crippen MR) is 75.7 cm³/mol. The summed E-state index contributed by atoms with van der Waals surface area (Å²) in [5, 5.41) is 0. The van der Waals surface area contributed by atoms with Gasteiger partial charge in [-0.1, -0.05) is 19.1 Å². The Balaban J connectivity index is 2.88. The van der Waals surface area contributed by atoms with E-state index >= 15 is 0 Å². The van der Waals surface area contributed by atoms with E-state index in [1.807, 2.05) is 13.8 Å². The van der Waals surface area contributed by atoms with Crippen molar-refractivity contribution in [3.05, 3.63) is 23.8 Å². The van der Waals surface area contributed by atoms with E-state index in [0.717, 1.165) is 12.0 Å². The number of benzene rings is 1. The number of nitrogens with two attached hydrogens (primary N) is 1. The van der Waals surface area contributed by atoms with Gasteiger partial charge in [0, 0.05) is 6.04 Å². The average Bonchev–Trinajstić information content (AvgIpc) is 2.40. The standard InChI is InChI=1S/C15H22F3NO2/c1-3-12(19)10-11-6-5-7-13(20-4-2)14(11)21-9-8-15(16,17)18/h5-7,12H,3-4,8-10,19H2,1-2H3. The minimum atomic E-state index is -4.24. The van der Waals surface area contributed by atoms with E-state index in [2.05, 4.69) is 0 Å². The average molecular weight is 305 g/mol. The molecule has 21 heavy (non-hydrogen) atoms. The minimum absolute atomic E-state index is 0.0631. The third-order valence-corrected chi connectivity index (χ3v) is 3.00. The minimum Gasteiger partial charge on any atom is -0.490 e. The Labute approximate surface area is 123 Å². The number of alkyl halides is 3. The highest BCUT2D eigenvalue weighted by Gasteiger charge is 2.27. The maximum absolute atomic E-state index is 12.2. The molecule has 0 aliphatic heterocycles. The van der Waals surface area contributed by atoms with Gasteiger partial charge in [0.25, 0.3) is 0 Å². The molecule has 6 heteroatoms. The SMILES string of the molecule is CCOc1cccc(CC(N)CC)c1OCCC(F)(F)F. The van der Waals surface area contributed by atoms with E-state index in [9.17, 15) is 13.2 Å². The summed E-state index contributed by atoms with van der Waals surface area (Å²) >= 11 is 0. The summed E-state index contributed by atoms with van der Waals surface area (Å²) in [5.41, 5.74) is 6.69. The molecule has 0 saturated carbocycles. The van der Waals surface area contributed by atoms with Crippen molar-refractivity contribution in [2.24, 2.45) is 5.73 Å². The van der Waals surface area contributed by atoms with Crippen molar-refractivity contribution < 1.29 is 22.6 Å². The van der Waals surface area contributed by atoms with E-state index < -0.39 is 19.2 Å². The van der Waals surface area contributed by atoms with Crippen molar-refractivity contribution in [1.82, 2.24) is 0 Å². The van der Waals surface area contributed by atoms with Crippen LogP contribution in [-0.4, -0.2) is 25.4 Å². The second-order valence-corrected chi connectivity index (χ2v) is 4.76. The molecule has 0 spiro atoms. The summed E-state index contributed by atoms with van der Waals surface area (Å²) in [6.45, 7) is 3.76. The molecular weight excluding hydrogens is 283 g/mol. The monoisotopic (exact) mass is 305 g/mol. The molecule has 0 bridgehead atoms. The van der Waals surface area contributed by atoms with Crippen molar-refractivity contribution in [1.29, 1.82) is 0 Å². The molecule has 120 valence electrons. The first-order valence-corrected chi connectivity index (χ1v) is 7.07. The lowest BCUT2D eigenvalue weighted by Gasteiger charge is -2.18. The summed E-state index contributed by atoms with van der Waals surface area (Å²) < 4.78 is 47.5. The Morgan fingerprint density at radius 1 is 1.19 bits per heavy atom. The Kier molecular flexibility index (Phi) is 6.81. The molecule has 2 N–H and O–H groups in total. The van der Waals surface area contributed by atoms with Crippen LogP contribution in [0.15, 0.2) is 18.2 Å². The fraction of sp³-hybridized carbons (Fsp3) is 0.600. The first-order valence-electron chi connectivity index (χ1n) is 7.07. The van der Waals surface area contributed by atoms with Crippen LogP contribution in [0, 0.1) is 0 Å². The second kappa shape index (κ2) is 8.12. The Morgan fingerprint density at radius 3 is 2.48 bits per heavy atom. The molecule has 1 unspecified atom stereocenters. The third kappa shape index (κ3) is 6.25. The van der Waals surface area contributed by atoms with Gasteiger partial charge in [0.15, 0.2) is 11.5 Å². The Bertz CT molecular complexity index is 435. The lowest BCUT2D eigenvalue weighted by molar-refractivity contribution is -0.139. The predicted octanol–water partition coefficient (Wildman–Crippen LogP) is 3.70. The van der Waals surface area contributed by atoms with Gasteiger partial charge < -0.3 is 15.2 Å². The molecule has 3 nitrogen and oxygen atoms in total. The molecule has 0 amide bonds. The van der Waals surface area contributed by atoms with Crippen molar-refractivity contribution in [2.75, 3.05) is 13.2 Å². The van der Waals surface area contributed by atoms with Gasteiger partial charge in [-0.05, 0) is 31.4 Å². The molecule has 1 atom stereocenters. The van der Waals surface area contributed by atoms with Crippen LogP contribution in [0.2, 0.25) is 0 Å². The van der Waals surface area contributed by atoms with Crippen LogP contribution in [0.5, 0.6) is 11.5 Å². The lowest BCUT2D eigenvalue weighted by atomic mass is 10.0. The van der Waals surface area contributed by atoms with Crippen molar-refractivity contribution in [3.63, 3.8) is 0 Å². The highest BCUT2D eigenvalue weighted by molar-refractivity contribution is 5.47. The summed E-state index contributed by atoms with van der Waals surface area (Å²) in [6.07, 6.45) is -3.91. The van der Waals surface area contributed by atoms with Gasteiger partial charge in [-0.3, -0.25) is 0 Å². The van der Waals surface area contributed by atoms with Crippen LogP contribution >= 0.6 is 0 Å². The van der Waals surface area contributed by atoms with Crippen molar-refractivity contribution >= 4 is 0 Å². The van der Waals surface area contributed by atoms with Crippen LogP contribution < -0.4 is 15.2 Å². The molecule has 1 aromatic rings. The molecule has 1 aromatic carbocycles. The molecule has 0 heterocycles. The summed E-state index contributed by atoms with van der Waals surface area (Å²) in [5.74, 6) is 0.827. The normalized spacial score (nSPS) is 13.0. The fourth-order valence-corrected chi connectivity index (χ4v) is 1.85. The van der Waals surface area contributed by atoms with Crippen LogP contribution in [0.4, 0.5) is 13.2 Å². The maximum atomic E-state index is 12.2. The van der Waals surface area contributed by atoms with Crippen molar-refractivity contribution in [2.45, 2.75) is 45.3 Å². The van der Waals surface area contributed by atoms with Gasteiger partial charge >= 0.3 is 6.18 Å². The number of ether oxygens (including phenoxy) is 2. The molecular formula is C15H22F3NO2. The van der Waals surface area contributed by atoms with Gasteiger partial charge in [-0.25, -0.2) is 0 Å². The molecule has 0 radical (unpaired) electrons. The highest BCUT2D eigenvalue weighted by Crippen LogP contribution is 2.33. The molecule has 0 aromatic heterocycles. The number of hydrogen-bond acceptors (Lipinski definition) is 3. The largest absolute Gasteiger partial charge is 0.490 e. The summed E-state index contributed by atoms with van der Waals surface area (Å²) in [7, 11) is 0. The van der Waals surface area contributed by atoms with E-state index in [1.54, 1.807) is 18.2 Å². The molecule has 0 aliphatic rings. The lowest BCUT2D eigenvalue weighted by Crippen LogP contribution is -2.22. The van der Waals surface area contributed by atoms with E-state index in [4.69, 9.17) is 15.2 Å². The Morgan fingerprint density at radius 2 is 1.90 bits per heavy atom. The van der Waals surface area contributed by atoms with E-state index in [-0.39, 0.29) is 6.04 Å². The zero-order valence-electron chi connectivity index (χ0n) is 12.4. The molecule has 0 aliphatic carbocycles. The molecule has 0 fully saturated rings. The zero-order chi connectivity index (χ0) is 15.9. The first kappa shape index (κ1) is 17.6.